The summed E-state index contributed by atoms with van der Waals surface area (Å²) in [6.45, 7) is 1.40. The number of aromatic nitrogens is 2. The predicted octanol–water partition coefficient (Wildman–Crippen LogP) is 2.32. The second-order valence-electron chi connectivity index (χ2n) is 8.90. The summed E-state index contributed by atoms with van der Waals surface area (Å²) in [6.07, 6.45) is 6.14. The van der Waals surface area contributed by atoms with Crippen LogP contribution in [0.4, 0.5) is 11.6 Å². The molecular formula is C24H29N5O6S. The number of amides is 2. The minimum absolute atomic E-state index is 0.0297. The highest BCUT2D eigenvalue weighted by Gasteiger charge is 2.37. The Balaban J connectivity index is 1.55. The first-order valence-corrected chi connectivity index (χ1v) is 13.2. The highest BCUT2D eigenvalue weighted by molar-refractivity contribution is 7.92. The van der Waals surface area contributed by atoms with Crippen LogP contribution in [0.1, 0.15) is 44.6 Å². The molecule has 0 aliphatic heterocycles. The quantitative estimate of drug-likeness (QED) is 0.396. The van der Waals surface area contributed by atoms with Crippen molar-refractivity contribution >= 4 is 39.0 Å². The Morgan fingerprint density at radius 3 is 2.31 bits per heavy atom. The molecule has 2 fully saturated rings. The lowest BCUT2D eigenvalue weighted by molar-refractivity contribution is -0.116. The van der Waals surface area contributed by atoms with E-state index in [9.17, 15) is 18.0 Å². The van der Waals surface area contributed by atoms with Crippen LogP contribution >= 0.6 is 0 Å². The molecule has 12 heteroatoms. The zero-order valence-electron chi connectivity index (χ0n) is 20.4. The second-order valence-corrected chi connectivity index (χ2v) is 11.1. The smallest absolute Gasteiger partial charge is 0.279 e. The minimum Gasteiger partial charge on any atom is -0.392 e. The van der Waals surface area contributed by atoms with Crippen LogP contribution in [-0.4, -0.2) is 67.5 Å². The van der Waals surface area contributed by atoms with Crippen molar-refractivity contribution in [1.29, 1.82) is 0 Å². The Labute approximate surface area is 209 Å². The summed E-state index contributed by atoms with van der Waals surface area (Å²) in [7, 11) is -0.148. The van der Waals surface area contributed by atoms with Gasteiger partial charge in [0.25, 0.3) is 5.91 Å². The van der Waals surface area contributed by atoms with E-state index in [1.807, 2.05) is 0 Å². The van der Waals surface area contributed by atoms with Crippen molar-refractivity contribution < 1.29 is 27.6 Å². The lowest BCUT2D eigenvalue weighted by Gasteiger charge is -2.14. The van der Waals surface area contributed by atoms with E-state index < -0.39 is 15.7 Å². The summed E-state index contributed by atoms with van der Waals surface area (Å²) < 4.78 is 30.4. The SMILES string of the molecule is CO[C@@H]1CC[C@@H](O/N=C(/C(=O)Nc2cnc(N(C)C(C)=O)cn2)c2ccc(S(=O)(=O)C3CC3)cc2)C1. The van der Waals surface area contributed by atoms with Gasteiger partial charge in [-0.1, -0.05) is 17.3 Å². The average molecular weight is 516 g/mol. The standard InChI is InChI=1S/C24H29N5O6S/c1-15(30)29(2)22-14-25-21(13-26-22)27-24(31)23(28-35-18-7-6-17(12-18)34-3)16-4-8-19(9-5-16)36(32,33)20-10-11-20/h4-5,8-9,13-14,17-18,20H,6-7,10-12H2,1-3H3,(H,25,27,31)/b28-23+/t17-,18-/m1/s1. The van der Waals surface area contributed by atoms with E-state index in [4.69, 9.17) is 9.57 Å². The van der Waals surface area contributed by atoms with Gasteiger partial charge in [-0.3, -0.25) is 14.5 Å². The number of nitrogens with zero attached hydrogens (tertiary/aromatic N) is 4. The van der Waals surface area contributed by atoms with Crippen LogP contribution < -0.4 is 10.2 Å². The van der Waals surface area contributed by atoms with Gasteiger partial charge >= 0.3 is 0 Å². The molecule has 2 amide bonds. The van der Waals surface area contributed by atoms with E-state index in [1.54, 1.807) is 26.3 Å². The Hall–Kier alpha value is -3.38. The summed E-state index contributed by atoms with van der Waals surface area (Å²) in [5.74, 6) is -0.320. The fraction of sp³-hybridized carbons (Fsp3) is 0.458. The van der Waals surface area contributed by atoms with Crippen LogP contribution in [0.15, 0.2) is 46.7 Å². The maximum Gasteiger partial charge on any atom is 0.279 e. The maximum absolute atomic E-state index is 13.2. The molecule has 2 aromatic rings. The van der Waals surface area contributed by atoms with Crippen molar-refractivity contribution in [2.45, 2.75) is 61.4 Å². The molecule has 1 heterocycles. The number of anilines is 2. The normalized spacial score (nSPS) is 20.1. The Bertz CT molecular complexity index is 1240. The molecule has 2 saturated carbocycles. The second kappa shape index (κ2) is 10.7. The van der Waals surface area contributed by atoms with Crippen LogP contribution in [0.5, 0.6) is 0 Å². The molecule has 4 rings (SSSR count). The number of carbonyl (C=O) groups excluding carboxylic acids is 2. The molecule has 1 aromatic heterocycles. The summed E-state index contributed by atoms with van der Waals surface area (Å²) in [5, 5.41) is 6.45. The van der Waals surface area contributed by atoms with Crippen molar-refractivity contribution in [2.24, 2.45) is 5.16 Å². The fourth-order valence-corrected chi connectivity index (χ4v) is 5.49. The zero-order chi connectivity index (χ0) is 25.9. The number of hydrogen-bond acceptors (Lipinski definition) is 9. The van der Waals surface area contributed by atoms with Gasteiger partial charge in [0.05, 0.1) is 28.6 Å². The number of methoxy groups -OCH3 is 1. The van der Waals surface area contributed by atoms with Gasteiger partial charge in [0, 0.05) is 33.1 Å². The lowest BCUT2D eigenvalue weighted by atomic mass is 10.1. The highest BCUT2D eigenvalue weighted by atomic mass is 32.2. The molecule has 0 radical (unpaired) electrons. The van der Waals surface area contributed by atoms with Crippen LogP contribution in [0.25, 0.3) is 0 Å². The average Bonchev–Trinajstić information content (AvgIpc) is 3.64. The van der Waals surface area contributed by atoms with Gasteiger partial charge in [-0.25, -0.2) is 18.4 Å². The van der Waals surface area contributed by atoms with Gasteiger partial charge in [-0.05, 0) is 37.8 Å². The zero-order valence-corrected chi connectivity index (χ0v) is 21.2. The fourth-order valence-electron chi connectivity index (χ4n) is 3.83. The van der Waals surface area contributed by atoms with Crippen molar-refractivity contribution in [3.05, 3.63) is 42.2 Å². The maximum atomic E-state index is 13.2. The van der Waals surface area contributed by atoms with E-state index >= 15 is 0 Å². The van der Waals surface area contributed by atoms with Crippen molar-refractivity contribution in [3.8, 4) is 0 Å². The predicted molar refractivity (Wildman–Crippen MR) is 132 cm³/mol. The van der Waals surface area contributed by atoms with Gasteiger partial charge < -0.3 is 14.9 Å². The van der Waals surface area contributed by atoms with Crippen LogP contribution in [0.2, 0.25) is 0 Å². The van der Waals surface area contributed by atoms with E-state index in [0.29, 0.717) is 30.6 Å². The third-order valence-electron chi connectivity index (χ3n) is 6.29. The first-order chi connectivity index (χ1) is 17.2. The number of oxime groups is 1. The monoisotopic (exact) mass is 515 g/mol. The molecule has 0 saturated heterocycles. The highest BCUT2D eigenvalue weighted by Crippen LogP contribution is 2.33. The number of nitrogens with one attached hydrogen (secondary N) is 1. The van der Waals surface area contributed by atoms with Crippen LogP contribution in [0, 0.1) is 0 Å². The van der Waals surface area contributed by atoms with Gasteiger partial charge in [-0.2, -0.15) is 0 Å². The lowest BCUT2D eigenvalue weighted by Crippen LogP contribution is -2.26. The summed E-state index contributed by atoms with van der Waals surface area (Å²) >= 11 is 0. The molecule has 2 atom stereocenters. The van der Waals surface area contributed by atoms with E-state index in [0.717, 1.165) is 12.8 Å². The molecule has 0 bridgehead atoms. The summed E-state index contributed by atoms with van der Waals surface area (Å²) in [6, 6.07) is 6.05. The number of rotatable bonds is 9. The molecule has 1 N–H and O–H groups in total. The molecular weight excluding hydrogens is 486 g/mol. The van der Waals surface area contributed by atoms with Crippen LogP contribution in [0.3, 0.4) is 0 Å². The first kappa shape index (κ1) is 25.7. The number of carbonyl (C=O) groups is 2. The molecule has 11 nitrogen and oxygen atoms in total. The molecule has 0 spiro atoms. The van der Waals surface area contributed by atoms with Crippen molar-refractivity contribution in [2.75, 3.05) is 24.4 Å². The van der Waals surface area contributed by atoms with E-state index in [1.165, 1.54) is 36.4 Å². The molecule has 0 unspecified atom stereocenters. The summed E-state index contributed by atoms with van der Waals surface area (Å²) in [4.78, 5) is 40.2. The molecule has 192 valence electrons. The number of ether oxygens (including phenoxy) is 1. The Morgan fingerprint density at radius 1 is 1.06 bits per heavy atom. The van der Waals surface area contributed by atoms with Crippen molar-refractivity contribution in [1.82, 2.24) is 9.97 Å². The Morgan fingerprint density at radius 2 is 1.75 bits per heavy atom. The van der Waals surface area contributed by atoms with Crippen molar-refractivity contribution in [3.63, 3.8) is 0 Å². The molecule has 36 heavy (non-hydrogen) atoms. The van der Waals surface area contributed by atoms with Gasteiger partial charge in [-0.15, -0.1) is 0 Å². The van der Waals surface area contributed by atoms with E-state index in [-0.39, 0.29) is 39.8 Å². The Kier molecular flexibility index (Phi) is 7.65. The number of sulfone groups is 1. The first-order valence-electron chi connectivity index (χ1n) is 11.7. The molecule has 2 aliphatic carbocycles. The summed E-state index contributed by atoms with van der Waals surface area (Å²) in [5.41, 5.74) is 0.363. The topological polar surface area (TPSA) is 140 Å². The largest absolute Gasteiger partial charge is 0.392 e. The third-order valence-corrected chi connectivity index (χ3v) is 8.57. The molecule has 1 aromatic carbocycles. The van der Waals surface area contributed by atoms with E-state index in [2.05, 4.69) is 20.4 Å². The van der Waals surface area contributed by atoms with Gasteiger partial charge in [0.2, 0.25) is 5.91 Å². The van der Waals surface area contributed by atoms with Gasteiger partial charge in [0.15, 0.2) is 27.2 Å². The van der Waals surface area contributed by atoms with Gasteiger partial charge in [0.1, 0.15) is 6.10 Å². The van der Waals surface area contributed by atoms with Crippen LogP contribution in [-0.2, 0) is 29.0 Å². The third kappa shape index (κ3) is 5.88. The number of benzene rings is 1. The minimum atomic E-state index is -3.36. The number of hydrogen-bond donors (Lipinski definition) is 1. The molecule has 2 aliphatic rings.